The van der Waals surface area contributed by atoms with E-state index in [9.17, 15) is 4.39 Å². The van der Waals surface area contributed by atoms with Crippen molar-refractivity contribution < 1.29 is 4.39 Å². The van der Waals surface area contributed by atoms with Gasteiger partial charge in [0.15, 0.2) is 0 Å². The van der Waals surface area contributed by atoms with Gasteiger partial charge in [0.25, 0.3) is 0 Å². The Labute approximate surface area is 123 Å². The van der Waals surface area contributed by atoms with Crippen LogP contribution in [0.3, 0.4) is 0 Å². The van der Waals surface area contributed by atoms with Crippen LogP contribution in [0.15, 0.2) is 30.7 Å². The lowest BCUT2D eigenvalue weighted by atomic mass is 10.2. The SMILES string of the molecule is Cc1ccnc(NC2CCN(Cc3cncc(F)c3)C2)n1. The third-order valence-electron chi connectivity index (χ3n) is 3.57. The number of rotatable bonds is 4. The van der Waals surface area contributed by atoms with Gasteiger partial charge in [-0.1, -0.05) is 0 Å². The minimum atomic E-state index is -0.283. The molecule has 0 aliphatic carbocycles. The highest BCUT2D eigenvalue weighted by atomic mass is 19.1. The Morgan fingerprint density at radius 3 is 3.14 bits per heavy atom. The van der Waals surface area contributed by atoms with Crippen LogP contribution in [0.4, 0.5) is 10.3 Å². The predicted molar refractivity (Wildman–Crippen MR) is 78.3 cm³/mol. The molecule has 1 aliphatic heterocycles. The van der Waals surface area contributed by atoms with Gasteiger partial charge in [0, 0.05) is 43.8 Å². The minimum Gasteiger partial charge on any atom is -0.350 e. The molecule has 0 bridgehead atoms. The van der Waals surface area contributed by atoms with E-state index in [1.165, 1.54) is 12.3 Å². The first-order chi connectivity index (χ1) is 10.2. The lowest BCUT2D eigenvalue weighted by molar-refractivity contribution is 0.327. The fraction of sp³-hybridized carbons (Fsp3) is 0.400. The summed E-state index contributed by atoms with van der Waals surface area (Å²) >= 11 is 0. The molecule has 2 aromatic heterocycles. The molecule has 1 aliphatic rings. The highest BCUT2D eigenvalue weighted by Crippen LogP contribution is 2.16. The van der Waals surface area contributed by atoms with E-state index in [4.69, 9.17) is 0 Å². The molecule has 0 spiro atoms. The van der Waals surface area contributed by atoms with Gasteiger partial charge >= 0.3 is 0 Å². The van der Waals surface area contributed by atoms with Crippen LogP contribution in [-0.4, -0.2) is 39.0 Å². The lowest BCUT2D eigenvalue weighted by Crippen LogP contribution is -2.26. The zero-order valence-corrected chi connectivity index (χ0v) is 12.0. The molecule has 5 nitrogen and oxygen atoms in total. The summed E-state index contributed by atoms with van der Waals surface area (Å²) in [6, 6.07) is 3.74. The Hall–Kier alpha value is -2.08. The zero-order valence-electron chi connectivity index (χ0n) is 12.0. The summed E-state index contributed by atoms with van der Waals surface area (Å²) in [6.45, 7) is 4.54. The van der Waals surface area contributed by atoms with Crippen LogP contribution in [0.25, 0.3) is 0 Å². The van der Waals surface area contributed by atoms with Crippen molar-refractivity contribution in [2.75, 3.05) is 18.4 Å². The van der Waals surface area contributed by atoms with Crippen molar-refractivity contribution in [1.29, 1.82) is 0 Å². The molecule has 0 amide bonds. The molecule has 3 rings (SSSR count). The maximum atomic E-state index is 13.1. The van der Waals surface area contributed by atoms with Crippen LogP contribution in [0, 0.1) is 12.7 Å². The lowest BCUT2D eigenvalue weighted by Gasteiger charge is -2.16. The molecule has 21 heavy (non-hydrogen) atoms. The van der Waals surface area contributed by atoms with Gasteiger partial charge in [-0.15, -0.1) is 0 Å². The second-order valence-electron chi connectivity index (χ2n) is 5.40. The van der Waals surface area contributed by atoms with Gasteiger partial charge in [-0.05, 0) is 31.0 Å². The number of pyridine rings is 1. The fourth-order valence-corrected chi connectivity index (χ4v) is 2.60. The Kier molecular flexibility index (Phi) is 4.06. The number of hydrogen-bond acceptors (Lipinski definition) is 5. The van der Waals surface area contributed by atoms with Gasteiger partial charge < -0.3 is 5.32 Å². The quantitative estimate of drug-likeness (QED) is 0.932. The normalized spacial score (nSPS) is 18.9. The molecule has 0 aromatic carbocycles. The molecular weight excluding hydrogens is 269 g/mol. The summed E-state index contributed by atoms with van der Waals surface area (Å²) in [5.41, 5.74) is 1.86. The number of aryl methyl sites for hydroxylation is 1. The number of aromatic nitrogens is 3. The van der Waals surface area contributed by atoms with Crippen molar-refractivity contribution in [1.82, 2.24) is 19.9 Å². The summed E-state index contributed by atoms with van der Waals surface area (Å²) < 4.78 is 13.1. The van der Waals surface area contributed by atoms with E-state index in [-0.39, 0.29) is 5.82 Å². The second-order valence-corrected chi connectivity index (χ2v) is 5.40. The third-order valence-corrected chi connectivity index (χ3v) is 3.57. The van der Waals surface area contributed by atoms with Crippen molar-refractivity contribution in [3.05, 3.63) is 47.8 Å². The van der Waals surface area contributed by atoms with Crippen LogP contribution < -0.4 is 5.32 Å². The average Bonchev–Trinajstić information content (AvgIpc) is 2.86. The molecule has 6 heteroatoms. The van der Waals surface area contributed by atoms with E-state index in [1.807, 2.05) is 13.0 Å². The fourth-order valence-electron chi connectivity index (χ4n) is 2.60. The van der Waals surface area contributed by atoms with Gasteiger partial charge in [-0.2, -0.15) is 0 Å². The summed E-state index contributed by atoms with van der Waals surface area (Å²) in [6.07, 6.45) is 5.73. The number of nitrogens with zero attached hydrogens (tertiary/aromatic N) is 4. The minimum absolute atomic E-state index is 0.283. The maximum Gasteiger partial charge on any atom is 0.223 e. The van der Waals surface area contributed by atoms with Crippen molar-refractivity contribution in [2.45, 2.75) is 25.9 Å². The molecule has 110 valence electrons. The molecule has 1 atom stereocenters. The molecule has 1 fully saturated rings. The van der Waals surface area contributed by atoms with E-state index in [0.717, 1.165) is 37.3 Å². The van der Waals surface area contributed by atoms with Crippen LogP contribution in [0.1, 0.15) is 17.7 Å². The first-order valence-corrected chi connectivity index (χ1v) is 7.07. The summed E-state index contributed by atoms with van der Waals surface area (Å²) in [5, 5.41) is 3.36. The van der Waals surface area contributed by atoms with E-state index < -0.39 is 0 Å². The molecule has 0 saturated carbocycles. The Morgan fingerprint density at radius 1 is 1.43 bits per heavy atom. The van der Waals surface area contributed by atoms with E-state index in [0.29, 0.717) is 12.0 Å². The van der Waals surface area contributed by atoms with Crippen LogP contribution >= 0.6 is 0 Å². The van der Waals surface area contributed by atoms with Gasteiger partial charge in [-0.3, -0.25) is 9.88 Å². The van der Waals surface area contributed by atoms with E-state index >= 15 is 0 Å². The zero-order chi connectivity index (χ0) is 14.7. The smallest absolute Gasteiger partial charge is 0.223 e. The van der Waals surface area contributed by atoms with Crippen LogP contribution in [-0.2, 0) is 6.54 Å². The third kappa shape index (κ3) is 3.72. The van der Waals surface area contributed by atoms with Gasteiger partial charge in [0.2, 0.25) is 5.95 Å². The molecule has 1 N–H and O–H groups in total. The van der Waals surface area contributed by atoms with Crippen LogP contribution in [0.2, 0.25) is 0 Å². The molecular formula is C15H18FN5. The number of anilines is 1. The average molecular weight is 287 g/mol. The molecule has 0 radical (unpaired) electrons. The van der Waals surface area contributed by atoms with Gasteiger partial charge in [0.1, 0.15) is 5.82 Å². The first kappa shape index (κ1) is 13.9. The summed E-state index contributed by atoms with van der Waals surface area (Å²) in [4.78, 5) is 14.7. The van der Waals surface area contributed by atoms with E-state index in [1.54, 1.807) is 12.4 Å². The summed E-state index contributed by atoms with van der Waals surface area (Å²) in [7, 11) is 0. The van der Waals surface area contributed by atoms with Crippen molar-refractivity contribution in [3.63, 3.8) is 0 Å². The van der Waals surface area contributed by atoms with Crippen molar-refractivity contribution in [3.8, 4) is 0 Å². The topological polar surface area (TPSA) is 53.9 Å². The maximum absolute atomic E-state index is 13.1. The first-order valence-electron chi connectivity index (χ1n) is 7.07. The van der Waals surface area contributed by atoms with Gasteiger partial charge in [0.05, 0.1) is 6.20 Å². The molecule has 1 saturated heterocycles. The monoisotopic (exact) mass is 287 g/mol. The molecule has 3 heterocycles. The van der Waals surface area contributed by atoms with Crippen molar-refractivity contribution >= 4 is 5.95 Å². The van der Waals surface area contributed by atoms with Gasteiger partial charge in [-0.25, -0.2) is 14.4 Å². The number of nitrogens with one attached hydrogen (secondary N) is 1. The molecule has 1 unspecified atom stereocenters. The number of hydrogen-bond donors (Lipinski definition) is 1. The Bertz CT molecular complexity index is 565. The molecule has 2 aromatic rings. The Balaban J connectivity index is 1.56. The second kappa shape index (κ2) is 6.13. The Morgan fingerprint density at radius 2 is 2.33 bits per heavy atom. The van der Waals surface area contributed by atoms with Crippen LogP contribution in [0.5, 0.6) is 0 Å². The predicted octanol–water partition coefficient (Wildman–Crippen LogP) is 2.01. The number of likely N-dealkylation sites (tertiary alicyclic amines) is 1. The van der Waals surface area contributed by atoms with Crippen molar-refractivity contribution in [2.24, 2.45) is 0 Å². The summed E-state index contributed by atoms with van der Waals surface area (Å²) in [5.74, 6) is 0.392. The standard InChI is InChI=1S/C15H18FN5/c1-11-2-4-18-15(19-11)20-14-3-5-21(10-14)9-12-6-13(16)8-17-7-12/h2,4,6-8,14H,3,5,9-10H2,1H3,(H,18,19,20). The highest BCUT2D eigenvalue weighted by molar-refractivity contribution is 5.27. The van der Waals surface area contributed by atoms with E-state index in [2.05, 4.69) is 25.2 Å². The number of halogens is 1. The highest BCUT2D eigenvalue weighted by Gasteiger charge is 2.23. The largest absolute Gasteiger partial charge is 0.350 e.